The van der Waals surface area contributed by atoms with Gasteiger partial charge < -0.3 is 0 Å². The maximum Gasteiger partial charge on any atom is 0.372 e. The van der Waals surface area contributed by atoms with Crippen LogP contribution in [0.25, 0.3) is 0 Å². The molecule has 0 aromatic carbocycles. The molecule has 0 aromatic rings. The molecule has 0 heterocycles. The van der Waals surface area contributed by atoms with E-state index in [4.69, 9.17) is 0 Å². The topological polar surface area (TPSA) is 61.8 Å². The van der Waals surface area contributed by atoms with Gasteiger partial charge in [-0.1, -0.05) is 13.2 Å². The summed E-state index contributed by atoms with van der Waals surface area (Å²) >= 11 is 0. The first kappa shape index (κ1) is 11.4. The molecule has 0 fully saturated rings. The summed E-state index contributed by atoms with van der Waals surface area (Å²) in [7, 11) is 0. The van der Waals surface area contributed by atoms with Gasteiger partial charge in [-0.3, -0.25) is 9.78 Å². The fraction of sp³-hybridized carbons (Fsp3) is 0.250. The Kier molecular flexibility index (Phi) is 4.47. The number of carbonyl (C=O) groups is 2. The zero-order valence-corrected chi connectivity index (χ0v) is 7.46. The minimum Gasteiger partial charge on any atom is -0.254 e. The summed E-state index contributed by atoms with van der Waals surface area (Å²) in [5, 5.41) is 3.86. The van der Waals surface area contributed by atoms with E-state index in [1.54, 1.807) is 0 Å². The van der Waals surface area contributed by atoms with Crippen LogP contribution >= 0.6 is 0 Å². The van der Waals surface area contributed by atoms with Crippen LogP contribution in [0, 0.1) is 0 Å². The zero-order valence-electron chi connectivity index (χ0n) is 7.46. The van der Waals surface area contributed by atoms with Gasteiger partial charge in [0, 0.05) is 16.2 Å². The van der Waals surface area contributed by atoms with Crippen molar-refractivity contribution >= 4 is 11.9 Å². The van der Waals surface area contributed by atoms with Crippen LogP contribution in [0.1, 0.15) is 13.8 Å². The molecule has 0 unspecified atom stereocenters. The van der Waals surface area contributed by atoms with E-state index in [9.17, 15) is 9.59 Å². The van der Waals surface area contributed by atoms with Crippen LogP contribution in [0.4, 0.5) is 0 Å². The molecule has 0 spiro atoms. The molecule has 0 aromatic heterocycles. The molecule has 0 saturated carbocycles. The van der Waals surface area contributed by atoms with Gasteiger partial charge in [-0.25, -0.2) is 9.59 Å². The summed E-state index contributed by atoms with van der Waals surface area (Å²) in [6.07, 6.45) is 0. The summed E-state index contributed by atoms with van der Waals surface area (Å²) < 4.78 is 0. The molecule has 0 aliphatic carbocycles. The van der Waals surface area contributed by atoms with E-state index in [2.05, 4.69) is 28.0 Å². The van der Waals surface area contributed by atoms with Gasteiger partial charge in [-0.2, -0.15) is 0 Å². The van der Waals surface area contributed by atoms with Crippen molar-refractivity contribution in [1.29, 1.82) is 0 Å². The maximum absolute atomic E-state index is 10.6. The molecule has 0 aliphatic heterocycles. The fourth-order valence-electron chi connectivity index (χ4n) is 0.221. The van der Waals surface area contributed by atoms with Crippen LogP contribution in [-0.4, -0.2) is 11.9 Å². The minimum absolute atomic E-state index is 0.131. The summed E-state index contributed by atoms with van der Waals surface area (Å²) in [5.41, 5.74) is 0.262. The highest BCUT2D eigenvalue weighted by atomic mass is 17.5. The van der Waals surface area contributed by atoms with E-state index in [0.717, 1.165) is 0 Å². The fourth-order valence-corrected chi connectivity index (χ4v) is 0.221. The van der Waals surface area contributed by atoms with Crippen molar-refractivity contribution in [3.8, 4) is 0 Å². The average Bonchev–Trinajstić information content (AvgIpc) is 2.03. The Balaban J connectivity index is 3.69. The van der Waals surface area contributed by atoms with E-state index in [0.29, 0.717) is 0 Å². The Bertz CT molecular complexity index is 227. The lowest BCUT2D eigenvalue weighted by Gasteiger charge is -2.00. The highest BCUT2D eigenvalue weighted by Gasteiger charge is 2.08. The molecule has 0 N–H and O–H groups in total. The molecule has 0 amide bonds. The van der Waals surface area contributed by atoms with Gasteiger partial charge in [0.1, 0.15) is 0 Å². The Morgan fingerprint density at radius 3 is 1.46 bits per heavy atom. The van der Waals surface area contributed by atoms with Crippen molar-refractivity contribution in [2.24, 2.45) is 0 Å². The Morgan fingerprint density at radius 1 is 0.923 bits per heavy atom. The molecule has 0 atom stereocenters. The third kappa shape index (κ3) is 4.76. The van der Waals surface area contributed by atoms with Crippen LogP contribution in [-0.2, 0) is 24.4 Å². The van der Waals surface area contributed by atoms with Crippen LogP contribution in [0.5, 0.6) is 0 Å². The second-order valence-corrected chi connectivity index (χ2v) is 2.37. The first-order chi connectivity index (χ1) is 5.95. The number of hydrogen-bond donors (Lipinski definition) is 0. The van der Waals surface area contributed by atoms with Gasteiger partial charge in [-0.15, -0.1) is 0 Å². The van der Waals surface area contributed by atoms with E-state index in [1.165, 1.54) is 13.8 Å². The molecule has 5 nitrogen and oxygen atoms in total. The van der Waals surface area contributed by atoms with Gasteiger partial charge in [0.2, 0.25) is 0 Å². The summed E-state index contributed by atoms with van der Waals surface area (Å²) in [6, 6.07) is 0. The van der Waals surface area contributed by atoms with Crippen molar-refractivity contribution in [3.63, 3.8) is 0 Å². The summed E-state index contributed by atoms with van der Waals surface area (Å²) in [6.45, 7) is 9.40. The third-order valence-electron chi connectivity index (χ3n) is 0.916. The maximum atomic E-state index is 10.6. The Hall–Kier alpha value is -1.62. The zero-order chi connectivity index (χ0) is 10.4. The lowest BCUT2D eigenvalue weighted by atomic mass is 10.4. The van der Waals surface area contributed by atoms with Crippen molar-refractivity contribution in [2.45, 2.75) is 13.8 Å². The first-order valence-corrected chi connectivity index (χ1v) is 3.36. The van der Waals surface area contributed by atoms with Gasteiger partial charge >= 0.3 is 11.9 Å². The van der Waals surface area contributed by atoms with Gasteiger partial charge in [0.15, 0.2) is 0 Å². The molecule has 0 radical (unpaired) electrons. The predicted octanol–water partition coefficient (Wildman–Crippen LogP) is 1.07. The van der Waals surface area contributed by atoms with Gasteiger partial charge in [-0.05, 0) is 13.8 Å². The normalized spacial score (nSPS) is 8.77. The van der Waals surface area contributed by atoms with Crippen molar-refractivity contribution < 1.29 is 24.4 Å². The van der Waals surface area contributed by atoms with Crippen LogP contribution < -0.4 is 0 Å². The van der Waals surface area contributed by atoms with Gasteiger partial charge in [0.25, 0.3) is 0 Å². The van der Waals surface area contributed by atoms with Crippen LogP contribution in [0.3, 0.4) is 0 Å². The number of hydrogen-bond acceptors (Lipinski definition) is 5. The molecular formula is C8H10O5. The SMILES string of the molecule is C=C(C)C(=O)OOOC(=O)C(=C)C. The van der Waals surface area contributed by atoms with Crippen molar-refractivity contribution in [3.05, 3.63) is 24.3 Å². The van der Waals surface area contributed by atoms with E-state index < -0.39 is 11.9 Å². The molecule has 72 valence electrons. The Morgan fingerprint density at radius 2 is 1.23 bits per heavy atom. The highest BCUT2D eigenvalue weighted by Crippen LogP contribution is 1.96. The van der Waals surface area contributed by atoms with Crippen LogP contribution in [0.2, 0.25) is 0 Å². The second kappa shape index (κ2) is 5.10. The van der Waals surface area contributed by atoms with E-state index in [1.807, 2.05) is 0 Å². The average molecular weight is 186 g/mol. The lowest BCUT2D eigenvalue weighted by molar-refractivity contribution is -0.456. The van der Waals surface area contributed by atoms with E-state index >= 15 is 0 Å². The van der Waals surface area contributed by atoms with Crippen molar-refractivity contribution in [2.75, 3.05) is 0 Å². The molecule has 0 bridgehead atoms. The minimum atomic E-state index is -0.811. The van der Waals surface area contributed by atoms with Crippen molar-refractivity contribution in [1.82, 2.24) is 0 Å². The van der Waals surface area contributed by atoms with E-state index in [-0.39, 0.29) is 11.1 Å². The molecule has 0 rings (SSSR count). The summed E-state index contributed by atoms with van der Waals surface area (Å²) in [4.78, 5) is 29.3. The predicted molar refractivity (Wildman–Crippen MR) is 42.9 cm³/mol. The monoisotopic (exact) mass is 186 g/mol. The molecule has 0 aliphatic rings. The smallest absolute Gasteiger partial charge is 0.254 e. The lowest BCUT2D eigenvalue weighted by Crippen LogP contribution is -2.11. The Labute approximate surface area is 75.4 Å². The number of carbonyl (C=O) groups excluding carboxylic acids is 2. The highest BCUT2D eigenvalue weighted by molar-refractivity contribution is 5.87. The molecule has 0 saturated heterocycles. The summed E-state index contributed by atoms with van der Waals surface area (Å²) in [5.74, 6) is -1.62. The number of rotatable bonds is 4. The molecule has 13 heavy (non-hydrogen) atoms. The molecular weight excluding hydrogens is 176 g/mol. The van der Waals surface area contributed by atoms with Gasteiger partial charge in [0.05, 0.1) is 0 Å². The van der Waals surface area contributed by atoms with Crippen LogP contribution in [0.15, 0.2) is 24.3 Å². The second-order valence-electron chi connectivity index (χ2n) is 2.37. The molecule has 5 heteroatoms. The standard InChI is InChI=1S/C8H10O5/c1-5(2)7(9)11-13-12-8(10)6(3)4/h1,3H2,2,4H3. The first-order valence-electron chi connectivity index (χ1n) is 3.36. The largest absolute Gasteiger partial charge is 0.372 e. The quantitative estimate of drug-likeness (QED) is 0.373. The third-order valence-corrected chi connectivity index (χ3v) is 0.916.